The van der Waals surface area contributed by atoms with Crippen LogP contribution in [0.3, 0.4) is 0 Å². The summed E-state index contributed by atoms with van der Waals surface area (Å²) in [4.78, 5) is 0. The van der Waals surface area contributed by atoms with E-state index < -0.39 is 20.7 Å². The molecule has 0 saturated carbocycles. The van der Waals surface area contributed by atoms with Crippen molar-refractivity contribution in [2.24, 2.45) is 0 Å². The number of hydrogen-bond donors (Lipinski definition) is 0. The second-order valence-electron chi connectivity index (χ2n) is 2.36. The smallest absolute Gasteiger partial charge is 0.219 e. The molecule has 0 radical (unpaired) electrons. The second kappa shape index (κ2) is 1.95. The minimum atomic E-state index is -1.17. The summed E-state index contributed by atoms with van der Waals surface area (Å²) < 4.78 is 28.1. The highest BCUT2D eigenvalue weighted by Gasteiger charge is 2.71. The molecule has 0 spiro atoms. The SMILES string of the molecule is FC1=CC2(Br)OC2(Br)C(F)=C1. The van der Waals surface area contributed by atoms with Gasteiger partial charge in [-0.05, 0) is 37.9 Å². The van der Waals surface area contributed by atoms with Crippen LogP contribution in [0.15, 0.2) is 23.8 Å². The van der Waals surface area contributed by atoms with E-state index in [0.717, 1.165) is 6.08 Å². The zero-order valence-electron chi connectivity index (χ0n) is 5.07. The number of hydrogen-bond acceptors (Lipinski definition) is 1. The van der Waals surface area contributed by atoms with Crippen LogP contribution in [0.4, 0.5) is 8.78 Å². The maximum Gasteiger partial charge on any atom is 0.219 e. The van der Waals surface area contributed by atoms with Crippen molar-refractivity contribution in [2.75, 3.05) is 0 Å². The van der Waals surface area contributed by atoms with Crippen molar-refractivity contribution in [3.8, 4) is 0 Å². The highest BCUT2D eigenvalue weighted by Crippen LogP contribution is 2.64. The average Bonchev–Trinajstić information content (AvgIpc) is 2.34. The molecule has 0 aromatic carbocycles. The third kappa shape index (κ3) is 0.877. The van der Waals surface area contributed by atoms with Gasteiger partial charge >= 0.3 is 0 Å². The Morgan fingerprint density at radius 2 is 2.00 bits per heavy atom. The van der Waals surface area contributed by atoms with Gasteiger partial charge in [-0.2, -0.15) is 0 Å². The quantitative estimate of drug-likeness (QED) is 0.493. The fourth-order valence-electron chi connectivity index (χ4n) is 0.946. The molecule has 2 aliphatic rings. The molecule has 0 N–H and O–H groups in total. The normalized spacial score (nSPS) is 47.6. The van der Waals surface area contributed by atoms with Crippen LogP contribution in [-0.4, -0.2) is 9.02 Å². The molecule has 0 amide bonds. The molecule has 60 valence electrons. The zero-order chi connectivity index (χ0) is 8.28. The fraction of sp³-hybridized carbons (Fsp3) is 0.333. The highest BCUT2D eigenvalue weighted by atomic mass is 79.9. The summed E-state index contributed by atoms with van der Waals surface area (Å²) in [6.07, 6.45) is 1.96. The maximum atomic E-state index is 12.9. The van der Waals surface area contributed by atoms with Crippen LogP contribution in [0.25, 0.3) is 0 Å². The number of epoxide rings is 1. The van der Waals surface area contributed by atoms with Gasteiger partial charge in [0.25, 0.3) is 0 Å². The van der Waals surface area contributed by atoms with Gasteiger partial charge in [-0.25, -0.2) is 8.78 Å². The summed E-state index contributed by atoms with van der Waals surface area (Å²) in [5.74, 6) is -1.29. The monoisotopic (exact) mass is 286 g/mol. The first kappa shape index (κ1) is 7.89. The van der Waals surface area contributed by atoms with Crippen molar-refractivity contribution in [3.63, 3.8) is 0 Å². The van der Waals surface area contributed by atoms with E-state index in [1.807, 2.05) is 0 Å². The summed E-state index contributed by atoms with van der Waals surface area (Å²) in [7, 11) is 0. The maximum absolute atomic E-state index is 12.9. The Labute approximate surface area is 78.4 Å². The fourth-order valence-corrected chi connectivity index (χ4v) is 2.30. The van der Waals surface area contributed by atoms with Crippen molar-refractivity contribution in [1.29, 1.82) is 0 Å². The van der Waals surface area contributed by atoms with E-state index >= 15 is 0 Å². The molecule has 0 aromatic heterocycles. The van der Waals surface area contributed by atoms with Gasteiger partial charge in [0.05, 0.1) is 0 Å². The van der Waals surface area contributed by atoms with Crippen molar-refractivity contribution in [1.82, 2.24) is 0 Å². The third-order valence-corrected chi connectivity index (χ3v) is 4.19. The summed E-state index contributed by atoms with van der Waals surface area (Å²) >= 11 is 6.03. The number of fused-ring (bicyclic) bond motifs is 1. The molecule has 1 heterocycles. The van der Waals surface area contributed by atoms with Crippen LogP contribution < -0.4 is 0 Å². The van der Waals surface area contributed by atoms with Crippen LogP contribution in [0.5, 0.6) is 0 Å². The zero-order valence-corrected chi connectivity index (χ0v) is 8.25. The van der Waals surface area contributed by atoms with Crippen LogP contribution >= 0.6 is 31.9 Å². The molecule has 1 aliphatic heterocycles. The second-order valence-corrected chi connectivity index (χ2v) is 4.66. The average molecular weight is 288 g/mol. The molecule has 1 fully saturated rings. The first-order valence-corrected chi connectivity index (χ1v) is 4.40. The standard InChI is InChI=1S/C6H2Br2F2O/c7-5-2-3(9)1-4(10)6(5,8)11-5/h1-2H. The Morgan fingerprint density at radius 3 is 2.55 bits per heavy atom. The van der Waals surface area contributed by atoms with Gasteiger partial charge in [0, 0.05) is 6.08 Å². The first-order chi connectivity index (χ1) is 4.98. The van der Waals surface area contributed by atoms with Gasteiger partial charge in [0.1, 0.15) is 5.83 Å². The van der Waals surface area contributed by atoms with Gasteiger partial charge in [0.2, 0.25) is 4.51 Å². The molecule has 2 rings (SSSR count). The van der Waals surface area contributed by atoms with Gasteiger partial charge in [-0.15, -0.1) is 0 Å². The van der Waals surface area contributed by atoms with E-state index in [1.165, 1.54) is 6.08 Å². The number of alkyl halides is 2. The lowest BCUT2D eigenvalue weighted by molar-refractivity contribution is 0.362. The molecule has 1 saturated heterocycles. The summed E-state index contributed by atoms with van der Waals surface area (Å²) in [6.45, 7) is 0. The van der Waals surface area contributed by atoms with Crippen molar-refractivity contribution in [3.05, 3.63) is 23.8 Å². The molecule has 0 aromatic rings. The predicted molar refractivity (Wildman–Crippen MR) is 42.8 cm³/mol. The molecule has 11 heavy (non-hydrogen) atoms. The summed E-state index contributed by atoms with van der Waals surface area (Å²) in [5.41, 5.74) is 0. The van der Waals surface area contributed by atoms with E-state index in [4.69, 9.17) is 4.74 Å². The van der Waals surface area contributed by atoms with E-state index in [2.05, 4.69) is 31.9 Å². The first-order valence-electron chi connectivity index (χ1n) is 2.82. The largest absolute Gasteiger partial charge is 0.326 e. The van der Waals surface area contributed by atoms with Gasteiger partial charge < -0.3 is 4.74 Å². The third-order valence-electron chi connectivity index (χ3n) is 1.58. The Morgan fingerprint density at radius 1 is 1.36 bits per heavy atom. The van der Waals surface area contributed by atoms with Crippen LogP contribution in [-0.2, 0) is 4.74 Å². The lowest BCUT2D eigenvalue weighted by Gasteiger charge is -2.07. The van der Waals surface area contributed by atoms with E-state index in [1.54, 1.807) is 0 Å². The van der Waals surface area contributed by atoms with E-state index in [0.29, 0.717) is 0 Å². The van der Waals surface area contributed by atoms with Gasteiger partial charge in [-0.1, -0.05) is 0 Å². The predicted octanol–water partition coefficient (Wildman–Crippen LogP) is 2.92. The van der Waals surface area contributed by atoms with Crippen molar-refractivity contribution >= 4 is 31.9 Å². The Kier molecular flexibility index (Phi) is 1.40. The molecule has 0 bridgehead atoms. The van der Waals surface area contributed by atoms with Gasteiger partial charge in [-0.3, -0.25) is 0 Å². The minimum absolute atomic E-state index is 0.632. The number of halogens is 4. The van der Waals surface area contributed by atoms with Crippen molar-refractivity contribution in [2.45, 2.75) is 9.02 Å². The van der Waals surface area contributed by atoms with Crippen molar-refractivity contribution < 1.29 is 13.5 Å². The molecular formula is C6H2Br2F2O. The lowest BCUT2D eigenvalue weighted by Crippen LogP contribution is -2.15. The molecule has 1 aliphatic carbocycles. The molecule has 2 unspecified atom stereocenters. The Hall–Kier alpha value is 0.260. The topological polar surface area (TPSA) is 12.5 Å². The summed E-state index contributed by atoms with van der Waals surface area (Å²) in [5, 5.41) is 0. The highest BCUT2D eigenvalue weighted by molar-refractivity contribution is 9.13. The van der Waals surface area contributed by atoms with E-state index in [9.17, 15) is 8.78 Å². The van der Waals surface area contributed by atoms with Gasteiger partial charge in [0.15, 0.2) is 10.3 Å². The minimum Gasteiger partial charge on any atom is -0.326 e. The van der Waals surface area contributed by atoms with Crippen LogP contribution in [0.1, 0.15) is 0 Å². The molecule has 1 nitrogen and oxygen atoms in total. The lowest BCUT2D eigenvalue weighted by atomic mass is 10.2. The summed E-state index contributed by atoms with van der Waals surface area (Å²) in [6, 6.07) is 0. The molecule has 5 heteroatoms. The molecular weight excluding hydrogens is 286 g/mol. The number of ether oxygens (including phenoxy) is 1. The molecule has 2 atom stereocenters. The number of allylic oxidation sites excluding steroid dienone is 2. The van der Waals surface area contributed by atoms with Crippen LogP contribution in [0, 0.1) is 0 Å². The number of rotatable bonds is 0. The Balaban J connectivity index is 2.47. The Bertz CT molecular complexity index is 288. The van der Waals surface area contributed by atoms with Crippen LogP contribution in [0.2, 0.25) is 0 Å². The van der Waals surface area contributed by atoms with E-state index in [-0.39, 0.29) is 0 Å².